The van der Waals surface area contributed by atoms with E-state index in [1.807, 2.05) is 18.5 Å². The van der Waals surface area contributed by atoms with Crippen LogP contribution in [-0.4, -0.2) is 21.6 Å². The van der Waals surface area contributed by atoms with Crippen molar-refractivity contribution >= 4 is 14.9 Å². The average molecular weight is 176 g/mol. The fourth-order valence-electron chi connectivity index (χ4n) is 0.769. The highest BCUT2D eigenvalue weighted by Gasteiger charge is 1.95. The monoisotopic (exact) mass is 176 g/mol. The summed E-state index contributed by atoms with van der Waals surface area (Å²) in [6.45, 7) is 6.36. The lowest BCUT2D eigenvalue weighted by molar-refractivity contribution is 0.607. The molecule has 0 aliphatic rings. The molecule has 0 heterocycles. The fourth-order valence-corrected chi connectivity index (χ4v) is 1.64. The molecule has 0 spiro atoms. The molecular formula is C9H20OS. The van der Waals surface area contributed by atoms with Crippen LogP contribution < -0.4 is 0 Å². The number of rotatable bonds is 4. The van der Waals surface area contributed by atoms with Crippen molar-refractivity contribution in [3.8, 4) is 0 Å². The van der Waals surface area contributed by atoms with E-state index < -0.39 is 9.52 Å². The van der Waals surface area contributed by atoms with Gasteiger partial charge in [-0.3, -0.25) is 4.21 Å². The van der Waals surface area contributed by atoms with Gasteiger partial charge in [-0.1, -0.05) is 20.8 Å². The zero-order chi connectivity index (χ0) is 8.91. The smallest absolute Gasteiger partial charge is 0.0130 e. The first-order valence-corrected chi connectivity index (χ1v) is 6.48. The Morgan fingerprint density at radius 3 is 2.36 bits per heavy atom. The molecule has 2 heteroatoms. The highest BCUT2D eigenvalue weighted by molar-refractivity contribution is 8.00. The van der Waals surface area contributed by atoms with Crippen molar-refractivity contribution < 1.29 is 4.21 Å². The molecule has 0 aromatic rings. The molecule has 0 aromatic carbocycles. The fraction of sp³-hybridized carbons (Fsp3) is 0.889. The van der Waals surface area contributed by atoms with E-state index in [1.165, 1.54) is 0 Å². The lowest BCUT2D eigenvalue weighted by atomic mass is 10.1. The van der Waals surface area contributed by atoms with Gasteiger partial charge in [0.05, 0.1) is 0 Å². The van der Waals surface area contributed by atoms with E-state index >= 15 is 0 Å². The van der Waals surface area contributed by atoms with E-state index in [-0.39, 0.29) is 0 Å². The van der Waals surface area contributed by atoms with Gasteiger partial charge in [0, 0.05) is 12.0 Å². The summed E-state index contributed by atoms with van der Waals surface area (Å²) in [5.74, 6) is 1.50. The first kappa shape index (κ1) is 11.0. The third-order valence-corrected chi connectivity index (χ3v) is 3.87. The van der Waals surface area contributed by atoms with Crippen molar-refractivity contribution in [1.29, 1.82) is 0 Å². The summed E-state index contributed by atoms with van der Waals surface area (Å²) in [4.78, 5) is 0. The van der Waals surface area contributed by atoms with Crippen molar-refractivity contribution in [3.05, 3.63) is 0 Å². The molecular weight excluding hydrogens is 156 g/mol. The van der Waals surface area contributed by atoms with Crippen LogP contribution in [-0.2, 0) is 9.52 Å². The van der Waals surface area contributed by atoms with Crippen molar-refractivity contribution in [2.24, 2.45) is 5.92 Å². The highest BCUT2D eigenvalue weighted by Crippen LogP contribution is 2.02. The molecule has 0 radical (unpaired) electrons. The first-order chi connectivity index (χ1) is 4.98. The van der Waals surface area contributed by atoms with E-state index in [0.29, 0.717) is 0 Å². The van der Waals surface area contributed by atoms with E-state index in [4.69, 9.17) is 0 Å². The Morgan fingerprint density at radius 1 is 1.45 bits per heavy atom. The molecule has 0 saturated carbocycles. The van der Waals surface area contributed by atoms with Crippen LogP contribution in [0, 0.1) is 5.92 Å². The zero-order valence-electron chi connectivity index (χ0n) is 8.09. The number of hydrogen-bond acceptors (Lipinski definition) is 1. The standard InChI is InChI=1S/C9H20OS/c1-5-11(4,10)8-6-7-9(2)3/h8-9H,5-7H2,1-4H3. The molecule has 11 heavy (non-hydrogen) atoms. The van der Waals surface area contributed by atoms with Gasteiger partial charge in [-0.25, -0.2) is 0 Å². The third kappa shape index (κ3) is 6.42. The summed E-state index contributed by atoms with van der Waals surface area (Å²) in [5, 5.41) is 1.99. The molecule has 0 fully saturated rings. The molecule has 0 saturated heterocycles. The Kier molecular flexibility index (Phi) is 4.82. The van der Waals surface area contributed by atoms with E-state index in [1.54, 1.807) is 0 Å². The van der Waals surface area contributed by atoms with Gasteiger partial charge in [0.1, 0.15) is 0 Å². The molecule has 1 atom stereocenters. The highest BCUT2D eigenvalue weighted by atomic mass is 32.2. The van der Waals surface area contributed by atoms with Crippen LogP contribution in [0.4, 0.5) is 0 Å². The van der Waals surface area contributed by atoms with Crippen LogP contribution in [0.5, 0.6) is 0 Å². The topological polar surface area (TPSA) is 17.1 Å². The van der Waals surface area contributed by atoms with Gasteiger partial charge >= 0.3 is 0 Å². The molecule has 0 aromatic heterocycles. The maximum absolute atomic E-state index is 11.5. The molecule has 1 nitrogen and oxygen atoms in total. The van der Waals surface area contributed by atoms with Crippen molar-refractivity contribution in [2.45, 2.75) is 33.6 Å². The first-order valence-electron chi connectivity index (χ1n) is 4.28. The quantitative estimate of drug-likeness (QED) is 0.600. The molecule has 0 N–H and O–H groups in total. The van der Waals surface area contributed by atoms with Gasteiger partial charge in [-0.15, -0.1) is 0 Å². The lowest BCUT2D eigenvalue weighted by Gasteiger charge is -2.02. The minimum absolute atomic E-state index is 0.721. The van der Waals surface area contributed by atoms with Crippen LogP contribution in [0.1, 0.15) is 33.6 Å². The maximum Gasteiger partial charge on any atom is 0.0130 e. The molecule has 1 unspecified atom stereocenters. The van der Waals surface area contributed by atoms with E-state index in [0.717, 1.165) is 24.5 Å². The van der Waals surface area contributed by atoms with Crippen molar-refractivity contribution in [3.63, 3.8) is 0 Å². The second-order valence-corrected chi connectivity index (χ2v) is 6.55. The summed E-state index contributed by atoms with van der Waals surface area (Å²) in [6.07, 6.45) is 4.00. The summed E-state index contributed by atoms with van der Waals surface area (Å²) in [5.41, 5.74) is 0. The second-order valence-electron chi connectivity index (χ2n) is 3.50. The van der Waals surface area contributed by atoms with Crippen LogP contribution in [0.15, 0.2) is 0 Å². The van der Waals surface area contributed by atoms with Gasteiger partial charge < -0.3 is 0 Å². The SMILES string of the molecule is CCS(C)(=O)=CCCC(C)C. The molecule has 0 amide bonds. The lowest BCUT2D eigenvalue weighted by Crippen LogP contribution is -2.04. The van der Waals surface area contributed by atoms with Crippen LogP contribution >= 0.6 is 0 Å². The Balaban J connectivity index is 3.84. The van der Waals surface area contributed by atoms with Gasteiger partial charge in [-0.2, -0.15) is 0 Å². The van der Waals surface area contributed by atoms with Gasteiger partial charge in [0.25, 0.3) is 0 Å². The molecule has 0 rings (SSSR count). The van der Waals surface area contributed by atoms with E-state index in [2.05, 4.69) is 13.8 Å². The minimum atomic E-state index is -1.59. The summed E-state index contributed by atoms with van der Waals surface area (Å²) >= 11 is 0. The molecule has 0 aliphatic heterocycles. The van der Waals surface area contributed by atoms with Crippen LogP contribution in [0.2, 0.25) is 0 Å². The predicted molar refractivity (Wildman–Crippen MR) is 54.7 cm³/mol. The van der Waals surface area contributed by atoms with Crippen LogP contribution in [0.25, 0.3) is 0 Å². The largest absolute Gasteiger partial charge is 0.268 e. The normalized spacial score (nSPS) is 16.5. The second kappa shape index (κ2) is 4.81. The molecule has 0 aliphatic carbocycles. The number of hydrogen-bond donors (Lipinski definition) is 0. The summed E-state index contributed by atoms with van der Waals surface area (Å²) in [6, 6.07) is 0. The average Bonchev–Trinajstić information content (AvgIpc) is 1.87. The zero-order valence-corrected chi connectivity index (χ0v) is 8.91. The van der Waals surface area contributed by atoms with Crippen molar-refractivity contribution in [2.75, 3.05) is 12.0 Å². The summed E-state index contributed by atoms with van der Waals surface area (Å²) < 4.78 is 11.5. The Morgan fingerprint density at radius 2 is 2.00 bits per heavy atom. The molecule has 0 bridgehead atoms. The van der Waals surface area contributed by atoms with Gasteiger partial charge in [0.2, 0.25) is 0 Å². The van der Waals surface area contributed by atoms with Gasteiger partial charge in [-0.05, 0) is 33.6 Å². The Bertz CT molecular complexity index is 198. The Hall–Kier alpha value is 0.0200. The van der Waals surface area contributed by atoms with Crippen LogP contribution in [0.3, 0.4) is 0 Å². The predicted octanol–water partition coefficient (Wildman–Crippen LogP) is 2.16. The Labute approximate surface area is 71.2 Å². The van der Waals surface area contributed by atoms with Gasteiger partial charge in [0.15, 0.2) is 0 Å². The van der Waals surface area contributed by atoms with E-state index in [9.17, 15) is 4.21 Å². The molecule has 68 valence electrons. The maximum atomic E-state index is 11.5. The summed E-state index contributed by atoms with van der Waals surface area (Å²) in [7, 11) is -1.59. The third-order valence-electron chi connectivity index (χ3n) is 1.79. The van der Waals surface area contributed by atoms with Crippen molar-refractivity contribution in [1.82, 2.24) is 0 Å². The minimum Gasteiger partial charge on any atom is -0.268 e.